The van der Waals surface area contributed by atoms with Crippen LogP contribution in [0.15, 0.2) is 41.3 Å². The van der Waals surface area contributed by atoms with Crippen LogP contribution in [0.1, 0.15) is 18.3 Å². The quantitative estimate of drug-likeness (QED) is 0.944. The Balaban J connectivity index is 2.40. The summed E-state index contributed by atoms with van der Waals surface area (Å²) in [6.07, 6.45) is -3.09. The Morgan fingerprint density at radius 2 is 2.05 bits per heavy atom. The summed E-state index contributed by atoms with van der Waals surface area (Å²) in [5.74, 6) is 0. The van der Waals surface area contributed by atoms with E-state index in [0.29, 0.717) is 16.8 Å². The first-order valence-corrected chi connectivity index (χ1v) is 6.37. The fraction of sp³-hybridized carbons (Fsp3) is 0.286. The van der Waals surface area contributed by atoms with E-state index in [9.17, 15) is 18.0 Å². The first kappa shape index (κ1) is 15.1. The molecule has 0 aromatic carbocycles. The first-order chi connectivity index (χ1) is 9.91. The number of pyridine rings is 2. The Morgan fingerprint density at radius 3 is 2.71 bits per heavy atom. The van der Waals surface area contributed by atoms with Crippen molar-refractivity contribution >= 4 is 5.69 Å². The first-order valence-electron chi connectivity index (χ1n) is 6.37. The van der Waals surface area contributed by atoms with E-state index in [1.165, 1.54) is 6.20 Å². The molecule has 0 atom stereocenters. The lowest BCUT2D eigenvalue weighted by atomic mass is 10.2. The molecule has 1 N–H and O–H groups in total. The SMILES string of the molecule is CCNc1ccnc(Cn2c(C(F)(F)F)cccc2=O)c1. The highest BCUT2D eigenvalue weighted by Gasteiger charge is 2.34. The van der Waals surface area contributed by atoms with Crippen molar-refractivity contribution in [2.24, 2.45) is 0 Å². The van der Waals surface area contributed by atoms with Gasteiger partial charge in [0.2, 0.25) is 0 Å². The summed E-state index contributed by atoms with van der Waals surface area (Å²) in [6, 6.07) is 6.43. The third-order valence-electron chi connectivity index (χ3n) is 2.86. The van der Waals surface area contributed by atoms with Crippen LogP contribution in [0.4, 0.5) is 18.9 Å². The molecule has 0 spiro atoms. The highest BCUT2D eigenvalue weighted by atomic mass is 19.4. The highest BCUT2D eigenvalue weighted by molar-refractivity contribution is 5.43. The second kappa shape index (κ2) is 5.99. The molecular weight excluding hydrogens is 283 g/mol. The molecule has 0 aliphatic carbocycles. The molecule has 112 valence electrons. The van der Waals surface area contributed by atoms with Gasteiger partial charge in [0.1, 0.15) is 5.69 Å². The Bertz CT molecular complexity index is 680. The number of hydrogen-bond donors (Lipinski definition) is 1. The molecule has 0 fully saturated rings. The summed E-state index contributed by atoms with van der Waals surface area (Å²) in [7, 11) is 0. The van der Waals surface area contributed by atoms with Gasteiger partial charge in [0.15, 0.2) is 0 Å². The number of alkyl halides is 3. The molecule has 4 nitrogen and oxygen atoms in total. The molecule has 2 aromatic rings. The van der Waals surface area contributed by atoms with Crippen LogP contribution in [-0.4, -0.2) is 16.1 Å². The molecule has 0 amide bonds. The molecule has 0 aliphatic rings. The zero-order valence-corrected chi connectivity index (χ0v) is 11.3. The zero-order chi connectivity index (χ0) is 15.5. The second-order valence-corrected chi connectivity index (χ2v) is 4.40. The predicted molar refractivity (Wildman–Crippen MR) is 73.2 cm³/mol. The summed E-state index contributed by atoms with van der Waals surface area (Å²) >= 11 is 0. The maximum Gasteiger partial charge on any atom is 0.431 e. The molecule has 0 radical (unpaired) electrons. The average Bonchev–Trinajstić information content (AvgIpc) is 2.41. The Labute approximate surface area is 119 Å². The Kier molecular flexibility index (Phi) is 4.30. The van der Waals surface area contributed by atoms with Crippen LogP contribution in [0.3, 0.4) is 0 Å². The van der Waals surface area contributed by atoms with Gasteiger partial charge >= 0.3 is 6.18 Å². The van der Waals surface area contributed by atoms with Gasteiger partial charge in [-0.1, -0.05) is 6.07 Å². The van der Waals surface area contributed by atoms with E-state index < -0.39 is 17.4 Å². The molecule has 0 bridgehead atoms. The topological polar surface area (TPSA) is 46.9 Å². The van der Waals surface area contributed by atoms with Gasteiger partial charge in [0.25, 0.3) is 5.56 Å². The average molecular weight is 297 g/mol. The van der Waals surface area contributed by atoms with Crippen LogP contribution in [0.5, 0.6) is 0 Å². The van der Waals surface area contributed by atoms with E-state index >= 15 is 0 Å². The minimum atomic E-state index is -4.58. The van der Waals surface area contributed by atoms with Gasteiger partial charge in [-0.25, -0.2) is 0 Å². The summed E-state index contributed by atoms with van der Waals surface area (Å²) in [5.41, 5.74) is -0.557. The number of hydrogen-bond acceptors (Lipinski definition) is 3. The van der Waals surface area contributed by atoms with Crippen LogP contribution < -0.4 is 10.9 Å². The van der Waals surface area contributed by atoms with E-state index in [0.717, 1.165) is 23.9 Å². The number of aromatic nitrogens is 2. The van der Waals surface area contributed by atoms with Gasteiger partial charge in [-0.3, -0.25) is 14.3 Å². The monoisotopic (exact) mass is 297 g/mol. The number of rotatable bonds is 4. The van der Waals surface area contributed by atoms with Gasteiger partial charge in [-0.15, -0.1) is 0 Å². The van der Waals surface area contributed by atoms with Crippen molar-refractivity contribution in [3.63, 3.8) is 0 Å². The number of nitrogens with one attached hydrogen (secondary N) is 1. The lowest BCUT2D eigenvalue weighted by Gasteiger charge is -2.15. The third kappa shape index (κ3) is 3.62. The maximum absolute atomic E-state index is 12.9. The predicted octanol–water partition coefficient (Wildman–Crippen LogP) is 2.74. The zero-order valence-electron chi connectivity index (χ0n) is 11.3. The van der Waals surface area contributed by atoms with Gasteiger partial charge in [-0.05, 0) is 25.1 Å². The molecule has 0 unspecified atom stereocenters. The number of nitrogens with zero attached hydrogens (tertiary/aromatic N) is 2. The van der Waals surface area contributed by atoms with Crippen molar-refractivity contribution in [1.29, 1.82) is 0 Å². The molecule has 2 aromatic heterocycles. The van der Waals surface area contributed by atoms with Gasteiger partial charge < -0.3 is 5.32 Å². The van der Waals surface area contributed by atoms with Crippen LogP contribution in [-0.2, 0) is 12.7 Å². The number of halogens is 3. The van der Waals surface area contributed by atoms with E-state index in [2.05, 4.69) is 10.3 Å². The van der Waals surface area contributed by atoms with Crippen molar-refractivity contribution in [2.45, 2.75) is 19.6 Å². The van der Waals surface area contributed by atoms with Crippen molar-refractivity contribution < 1.29 is 13.2 Å². The standard InChI is InChI=1S/C14H14F3N3O/c1-2-18-10-6-7-19-11(8-10)9-20-12(14(15,16)17)4-3-5-13(20)21/h3-8H,2,9H2,1H3,(H,18,19). The fourth-order valence-corrected chi connectivity index (χ4v) is 1.97. The van der Waals surface area contributed by atoms with Crippen LogP contribution in [0.2, 0.25) is 0 Å². The Hall–Kier alpha value is -2.31. The molecule has 0 aliphatic heterocycles. The second-order valence-electron chi connectivity index (χ2n) is 4.40. The van der Waals surface area contributed by atoms with Gasteiger partial charge in [-0.2, -0.15) is 13.2 Å². The summed E-state index contributed by atoms with van der Waals surface area (Å²) in [6.45, 7) is 2.36. The van der Waals surface area contributed by atoms with Gasteiger partial charge in [0.05, 0.1) is 12.2 Å². The number of anilines is 1. The van der Waals surface area contributed by atoms with Crippen molar-refractivity contribution in [3.05, 3.63) is 58.3 Å². The summed E-state index contributed by atoms with van der Waals surface area (Å²) in [4.78, 5) is 15.7. The Morgan fingerprint density at radius 1 is 1.29 bits per heavy atom. The van der Waals surface area contributed by atoms with E-state index in [4.69, 9.17) is 0 Å². The molecular formula is C14H14F3N3O. The van der Waals surface area contributed by atoms with E-state index in [1.54, 1.807) is 12.1 Å². The van der Waals surface area contributed by atoms with Crippen molar-refractivity contribution in [1.82, 2.24) is 9.55 Å². The highest BCUT2D eigenvalue weighted by Crippen LogP contribution is 2.28. The summed E-state index contributed by atoms with van der Waals surface area (Å²) in [5, 5.41) is 3.04. The lowest BCUT2D eigenvalue weighted by Crippen LogP contribution is -2.27. The molecule has 2 heterocycles. The van der Waals surface area contributed by atoms with Crippen LogP contribution in [0, 0.1) is 0 Å². The van der Waals surface area contributed by atoms with E-state index in [1.807, 2.05) is 6.92 Å². The smallest absolute Gasteiger partial charge is 0.385 e. The normalized spacial score (nSPS) is 11.4. The molecule has 7 heteroatoms. The van der Waals surface area contributed by atoms with E-state index in [-0.39, 0.29) is 6.54 Å². The molecule has 21 heavy (non-hydrogen) atoms. The minimum Gasteiger partial charge on any atom is -0.385 e. The molecule has 2 rings (SSSR count). The summed E-state index contributed by atoms with van der Waals surface area (Å²) < 4.78 is 39.5. The maximum atomic E-state index is 12.9. The molecule has 0 saturated carbocycles. The minimum absolute atomic E-state index is 0.228. The van der Waals surface area contributed by atoms with Crippen molar-refractivity contribution in [3.8, 4) is 0 Å². The third-order valence-corrected chi connectivity index (χ3v) is 2.86. The van der Waals surface area contributed by atoms with Crippen LogP contribution >= 0.6 is 0 Å². The fourth-order valence-electron chi connectivity index (χ4n) is 1.97. The van der Waals surface area contributed by atoms with Crippen LogP contribution in [0.25, 0.3) is 0 Å². The lowest BCUT2D eigenvalue weighted by molar-refractivity contribution is -0.144. The van der Waals surface area contributed by atoms with Crippen molar-refractivity contribution in [2.75, 3.05) is 11.9 Å². The largest absolute Gasteiger partial charge is 0.431 e. The van der Waals surface area contributed by atoms with Gasteiger partial charge in [0, 0.05) is 24.5 Å². The molecule has 0 saturated heterocycles.